The second-order valence-electron chi connectivity index (χ2n) is 4.23. The molecule has 0 radical (unpaired) electrons. The molecule has 1 aromatic carbocycles. The Balaban J connectivity index is 2.47. The van der Waals surface area contributed by atoms with Crippen molar-refractivity contribution in [3.05, 3.63) is 40.7 Å². The van der Waals surface area contributed by atoms with Gasteiger partial charge in [-0.05, 0) is 23.6 Å². The van der Waals surface area contributed by atoms with Crippen LogP contribution >= 0.6 is 0 Å². The van der Waals surface area contributed by atoms with E-state index in [1.807, 2.05) is 0 Å². The SMILES string of the molecule is COc1ccc2ccn3c([S+](C)[O-])nnc3c(=O)c2c1. The van der Waals surface area contributed by atoms with Gasteiger partial charge in [-0.15, -0.1) is 5.10 Å². The normalized spacial score (nSPS) is 12.8. The highest BCUT2D eigenvalue weighted by Crippen LogP contribution is 2.18. The van der Waals surface area contributed by atoms with Crippen LogP contribution in [-0.4, -0.2) is 32.5 Å². The number of fused-ring (bicyclic) bond motifs is 2. The fourth-order valence-electron chi connectivity index (χ4n) is 2.04. The molecule has 20 heavy (non-hydrogen) atoms. The van der Waals surface area contributed by atoms with Gasteiger partial charge in [-0.1, -0.05) is 11.2 Å². The van der Waals surface area contributed by atoms with Crippen LogP contribution in [0.15, 0.2) is 40.4 Å². The minimum absolute atomic E-state index is 0.151. The molecular formula is C13H11N3O3S. The zero-order chi connectivity index (χ0) is 14.3. The maximum Gasteiger partial charge on any atom is 0.347 e. The Labute approximate surface area is 117 Å². The van der Waals surface area contributed by atoms with Gasteiger partial charge in [-0.3, -0.25) is 4.79 Å². The number of ether oxygens (including phenoxy) is 1. The van der Waals surface area contributed by atoms with Crippen molar-refractivity contribution in [2.24, 2.45) is 0 Å². The lowest BCUT2D eigenvalue weighted by Gasteiger charge is -1.98. The Morgan fingerprint density at radius 2 is 2.10 bits per heavy atom. The molecule has 0 saturated heterocycles. The molecule has 3 aromatic rings. The van der Waals surface area contributed by atoms with Crippen molar-refractivity contribution < 1.29 is 9.29 Å². The first-order valence-electron chi connectivity index (χ1n) is 5.81. The number of hydrogen-bond acceptors (Lipinski definition) is 5. The molecule has 0 N–H and O–H groups in total. The van der Waals surface area contributed by atoms with E-state index in [1.165, 1.54) is 10.7 Å². The van der Waals surface area contributed by atoms with Gasteiger partial charge in [0.05, 0.1) is 7.11 Å². The summed E-state index contributed by atoms with van der Waals surface area (Å²) in [4.78, 5) is 12.5. The number of nitrogens with zero attached hydrogens (tertiary/aromatic N) is 3. The predicted octanol–water partition coefficient (Wildman–Crippen LogP) is 0.989. The van der Waals surface area contributed by atoms with E-state index < -0.39 is 11.2 Å². The van der Waals surface area contributed by atoms with E-state index in [2.05, 4.69) is 10.2 Å². The topological polar surface area (TPSA) is 79.6 Å². The van der Waals surface area contributed by atoms with Crippen molar-refractivity contribution in [2.45, 2.75) is 5.16 Å². The summed E-state index contributed by atoms with van der Waals surface area (Å²) in [5.41, 5.74) is -0.119. The number of aromatic nitrogens is 3. The summed E-state index contributed by atoms with van der Waals surface area (Å²) in [6.45, 7) is 0. The van der Waals surface area contributed by atoms with Crippen LogP contribution in [0.3, 0.4) is 0 Å². The fourth-order valence-corrected chi connectivity index (χ4v) is 2.62. The number of rotatable bonds is 2. The average molecular weight is 289 g/mol. The van der Waals surface area contributed by atoms with Crippen molar-refractivity contribution >= 4 is 27.6 Å². The second kappa shape index (κ2) is 4.77. The standard InChI is InChI=1S/C13H11N3O3S/c1-19-9-4-3-8-5-6-16-12(11(17)10(8)7-9)14-15-13(16)20(2)18/h3-7H,1-2H3. The molecule has 2 heterocycles. The molecular weight excluding hydrogens is 278 g/mol. The summed E-state index contributed by atoms with van der Waals surface area (Å²) < 4.78 is 18.2. The highest BCUT2D eigenvalue weighted by Gasteiger charge is 2.16. The van der Waals surface area contributed by atoms with Gasteiger partial charge in [0.25, 0.3) is 0 Å². The first-order chi connectivity index (χ1) is 9.61. The van der Waals surface area contributed by atoms with Crippen LogP contribution in [0.1, 0.15) is 0 Å². The van der Waals surface area contributed by atoms with E-state index in [-0.39, 0.29) is 16.2 Å². The predicted molar refractivity (Wildman–Crippen MR) is 75.6 cm³/mol. The molecule has 0 bridgehead atoms. The van der Waals surface area contributed by atoms with E-state index in [4.69, 9.17) is 4.74 Å². The van der Waals surface area contributed by atoms with Gasteiger partial charge in [-0.25, -0.2) is 4.40 Å². The van der Waals surface area contributed by atoms with Crippen LogP contribution in [0.2, 0.25) is 0 Å². The molecule has 1 unspecified atom stereocenters. The van der Waals surface area contributed by atoms with E-state index >= 15 is 0 Å². The lowest BCUT2D eigenvalue weighted by atomic mass is 10.2. The van der Waals surface area contributed by atoms with Crippen LogP contribution in [0.25, 0.3) is 16.4 Å². The molecule has 7 heteroatoms. The number of hydrogen-bond donors (Lipinski definition) is 0. The van der Waals surface area contributed by atoms with E-state index in [0.717, 1.165) is 5.39 Å². The molecule has 0 amide bonds. The highest BCUT2D eigenvalue weighted by molar-refractivity contribution is 7.90. The maximum atomic E-state index is 12.5. The average Bonchev–Trinajstić information content (AvgIpc) is 2.82. The molecule has 6 nitrogen and oxygen atoms in total. The van der Waals surface area contributed by atoms with Gasteiger partial charge in [0.1, 0.15) is 12.0 Å². The summed E-state index contributed by atoms with van der Waals surface area (Å²) in [5, 5.41) is 9.16. The van der Waals surface area contributed by atoms with Crippen LogP contribution in [0.5, 0.6) is 5.75 Å². The Kier molecular flexibility index (Phi) is 3.07. The summed E-state index contributed by atoms with van der Waals surface area (Å²) in [7, 11) is 1.54. The summed E-state index contributed by atoms with van der Waals surface area (Å²) in [5.74, 6) is 0.595. The van der Waals surface area contributed by atoms with E-state index in [0.29, 0.717) is 11.1 Å². The van der Waals surface area contributed by atoms with Crippen molar-refractivity contribution in [2.75, 3.05) is 13.4 Å². The van der Waals surface area contributed by atoms with Crippen LogP contribution in [0.4, 0.5) is 0 Å². The van der Waals surface area contributed by atoms with Crippen LogP contribution < -0.4 is 10.2 Å². The van der Waals surface area contributed by atoms with Crippen LogP contribution in [-0.2, 0) is 11.2 Å². The third-order valence-corrected chi connectivity index (χ3v) is 3.83. The Hall–Kier alpha value is -2.12. The Bertz CT molecular complexity index is 860. The van der Waals surface area contributed by atoms with Gasteiger partial charge >= 0.3 is 5.16 Å². The largest absolute Gasteiger partial charge is 0.609 e. The third-order valence-electron chi connectivity index (χ3n) is 3.03. The third kappa shape index (κ3) is 1.91. The quantitative estimate of drug-likeness (QED) is 0.657. The molecule has 1 atom stereocenters. The lowest BCUT2D eigenvalue weighted by molar-refractivity contribution is 0.415. The molecule has 0 aliphatic rings. The zero-order valence-corrected chi connectivity index (χ0v) is 11.7. The monoisotopic (exact) mass is 289 g/mol. The molecule has 3 rings (SSSR count). The maximum absolute atomic E-state index is 12.5. The molecule has 2 aromatic heterocycles. The smallest absolute Gasteiger partial charge is 0.347 e. The number of methoxy groups -OCH3 is 1. The Morgan fingerprint density at radius 3 is 2.80 bits per heavy atom. The minimum Gasteiger partial charge on any atom is -0.609 e. The lowest BCUT2D eigenvalue weighted by Crippen LogP contribution is -2.05. The van der Waals surface area contributed by atoms with Gasteiger partial charge < -0.3 is 9.29 Å². The summed E-state index contributed by atoms with van der Waals surface area (Å²) in [6, 6.07) is 7.00. The second-order valence-corrected chi connectivity index (χ2v) is 5.50. The molecule has 0 saturated carbocycles. The zero-order valence-electron chi connectivity index (χ0n) is 10.9. The number of benzene rings is 1. The Morgan fingerprint density at radius 1 is 1.30 bits per heavy atom. The van der Waals surface area contributed by atoms with E-state index in [9.17, 15) is 9.35 Å². The highest BCUT2D eigenvalue weighted by atomic mass is 32.2. The van der Waals surface area contributed by atoms with Gasteiger partial charge in [0, 0.05) is 22.8 Å². The van der Waals surface area contributed by atoms with Crippen molar-refractivity contribution in [3.63, 3.8) is 0 Å². The van der Waals surface area contributed by atoms with Crippen molar-refractivity contribution in [1.82, 2.24) is 14.6 Å². The van der Waals surface area contributed by atoms with Crippen LogP contribution in [0, 0.1) is 0 Å². The van der Waals surface area contributed by atoms with Crippen molar-refractivity contribution in [1.29, 1.82) is 0 Å². The first-order valence-corrected chi connectivity index (χ1v) is 7.37. The van der Waals surface area contributed by atoms with Gasteiger partial charge in [-0.2, -0.15) is 0 Å². The molecule has 0 aliphatic carbocycles. The molecule has 102 valence electrons. The van der Waals surface area contributed by atoms with Crippen molar-refractivity contribution in [3.8, 4) is 5.75 Å². The summed E-state index contributed by atoms with van der Waals surface area (Å²) >= 11 is -1.32. The summed E-state index contributed by atoms with van der Waals surface area (Å²) in [6.07, 6.45) is 3.15. The molecule has 0 aliphatic heterocycles. The fraction of sp³-hybridized carbons (Fsp3) is 0.154. The van der Waals surface area contributed by atoms with Gasteiger partial charge in [0.15, 0.2) is 0 Å². The molecule has 0 spiro atoms. The molecule has 0 fully saturated rings. The van der Waals surface area contributed by atoms with Gasteiger partial charge in [0.2, 0.25) is 11.1 Å². The minimum atomic E-state index is -1.32. The first kappa shape index (κ1) is 12.9. The van der Waals surface area contributed by atoms with E-state index in [1.54, 1.807) is 37.6 Å².